The van der Waals surface area contributed by atoms with Crippen molar-refractivity contribution >= 4 is 17.7 Å². The fourth-order valence-electron chi connectivity index (χ4n) is 1.31. The Balaban J connectivity index is 1.99. The van der Waals surface area contributed by atoms with E-state index >= 15 is 0 Å². The van der Waals surface area contributed by atoms with E-state index in [4.69, 9.17) is 5.11 Å². The number of carbonyl (C=O) groups is 2. The molecule has 0 unspecified atom stereocenters. The Morgan fingerprint density at radius 1 is 1.31 bits per heavy atom. The molecule has 0 saturated heterocycles. The molecule has 0 atom stereocenters. The molecule has 16 heavy (non-hydrogen) atoms. The summed E-state index contributed by atoms with van der Waals surface area (Å²) in [5.74, 6) is -1.01. The van der Waals surface area contributed by atoms with E-state index in [0.717, 1.165) is 12.8 Å². The number of anilines is 1. The molecule has 0 aliphatic heterocycles. The van der Waals surface area contributed by atoms with Crippen molar-refractivity contribution < 1.29 is 14.7 Å². The minimum Gasteiger partial charge on any atom is -0.478 e. The van der Waals surface area contributed by atoms with E-state index in [1.807, 2.05) is 0 Å². The van der Waals surface area contributed by atoms with Crippen LogP contribution in [0.2, 0.25) is 0 Å². The van der Waals surface area contributed by atoms with Crippen LogP contribution < -0.4 is 10.6 Å². The highest BCUT2D eigenvalue weighted by Gasteiger charge is 2.23. The largest absolute Gasteiger partial charge is 0.478 e. The molecule has 3 N–H and O–H groups in total. The van der Waals surface area contributed by atoms with Gasteiger partial charge in [-0.25, -0.2) is 9.59 Å². The predicted molar refractivity (Wildman–Crippen MR) is 58.6 cm³/mol. The molecule has 0 bridgehead atoms. The molecule has 0 radical (unpaired) electrons. The van der Waals surface area contributed by atoms with E-state index in [2.05, 4.69) is 10.6 Å². The number of hydrogen-bond donors (Lipinski definition) is 3. The molecule has 1 fully saturated rings. The average molecular weight is 220 g/mol. The van der Waals surface area contributed by atoms with Gasteiger partial charge in [0.2, 0.25) is 0 Å². The fraction of sp³-hybridized carbons (Fsp3) is 0.273. The van der Waals surface area contributed by atoms with E-state index < -0.39 is 5.97 Å². The highest BCUT2D eigenvalue weighted by molar-refractivity contribution is 5.93. The topological polar surface area (TPSA) is 78.4 Å². The second-order valence-electron chi connectivity index (χ2n) is 3.76. The third-order valence-corrected chi connectivity index (χ3v) is 2.28. The molecule has 1 aromatic carbocycles. The molecule has 1 aromatic rings. The van der Waals surface area contributed by atoms with Crippen LogP contribution in [0.4, 0.5) is 10.5 Å². The molecule has 84 valence electrons. The van der Waals surface area contributed by atoms with Crippen LogP contribution in [0.15, 0.2) is 24.3 Å². The second kappa shape index (κ2) is 4.22. The van der Waals surface area contributed by atoms with Crippen LogP contribution in [0.1, 0.15) is 23.2 Å². The van der Waals surface area contributed by atoms with Gasteiger partial charge in [0.1, 0.15) is 0 Å². The molecule has 0 heterocycles. The lowest BCUT2D eigenvalue weighted by molar-refractivity contribution is 0.0697. The zero-order valence-electron chi connectivity index (χ0n) is 8.56. The lowest BCUT2D eigenvalue weighted by Gasteiger charge is -2.06. The number of carboxylic acid groups (broad SMARTS) is 1. The Bertz CT molecular complexity index is 427. The summed E-state index contributed by atoms with van der Waals surface area (Å²) in [7, 11) is 0. The van der Waals surface area contributed by atoms with Gasteiger partial charge in [-0.05, 0) is 31.0 Å². The van der Waals surface area contributed by atoms with Crippen molar-refractivity contribution in [3.8, 4) is 0 Å². The Labute approximate surface area is 92.5 Å². The minimum absolute atomic E-state index is 0.157. The molecule has 1 aliphatic rings. The zero-order chi connectivity index (χ0) is 11.5. The maximum Gasteiger partial charge on any atom is 0.335 e. The van der Waals surface area contributed by atoms with Crippen molar-refractivity contribution in [1.29, 1.82) is 0 Å². The number of rotatable bonds is 3. The van der Waals surface area contributed by atoms with Crippen molar-refractivity contribution in [1.82, 2.24) is 5.32 Å². The predicted octanol–water partition coefficient (Wildman–Crippen LogP) is 1.67. The Morgan fingerprint density at radius 3 is 2.69 bits per heavy atom. The molecule has 2 rings (SSSR count). The first-order chi connectivity index (χ1) is 7.65. The van der Waals surface area contributed by atoms with Crippen LogP contribution in [0.5, 0.6) is 0 Å². The zero-order valence-corrected chi connectivity index (χ0v) is 8.56. The normalized spacial score (nSPS) is 14.2. The van der Waals surface area contributed by atoms with Gasteiger partial charge in [0, 0.05) is 11.7 Å². The molecule has 0 spiro atoms. The second-order valence-corrected chi connectivity index (χ2v) is 3.76. The average Bonchev–Trinajstić information content (AvgIpc) is 3.01. The lowest BCUT2D eigenvalue weighted by atomic mass is 10.2. The van der Waals surface area contributed by atoms with Crippen LogP contribution in [0, 0.1) is 0 Å². The molecule has 1 aliphatic carbocycles. The Kier molecular flexibility index (Phi) is 2.76. The third-order valence-electron chi connectivity index (χ3n) is 2.28. The minimum atomic E-state index is -1.01. The quantitative estimate of drug-likeness (QED) is 0.725. The molecule has 5 heteroatoms. The highest BCUT2D eigenvalue weighted by atomic mass is 16.4. The third kappa shape index (κ3) is 2.73. The SMILES string of the molecule is O=C(Nc1cccc(C(=O)O)c1)NC1CC1. The number of amides is 2. The molecular formula is C11H12N2O3. The number of nitrogens with one attached hydrogen (secondary N) is 2. The lowest BCUT2D eigenvalue weighted by Crippen LogP contribution is -2.30. The molecule has 2 amide bonds. The van der Waals surface area contributed by atoms with Gasteiger partial charge in [0.05, 0.1) is 5.56 Å². The summed E-state index contributed by atoms with van der Waals surface area (Å²) in [5, 5.41) is 14.1. The van der Waals surface area contributed by atoms with Crippen molar-refractivity contribution in [3.63, 3.8) is 0 Å². The Hall–Kier alpha value is -2.04. The van der Waals surface area contributed by atoms with Crippen molar-refractivity contribution in [2.24, 2.45) is 0 Å². The van der Waals surface area contributed by atoms with E-state index in [1.54, 1.807) is 12.1 Å². The van der Waals surface area contributed by atoms with E-state index in [1.165, 1.54) is 12.1 Å². The van der Waals surface area contributed by atoms with Gasteiger partial charge in [-0.3, -0.25) is 0 Å². The maximum atomic E-state index is 11.4. The summed E-state index contributed by atoms with van der Waals surface area (Å²) in [4.78, 5) is 22.1. The monoisotopic (exact) mass is 220 g/mol. The number of carbonyl (C=O) groups excluding carboxylic acids is 1. The summed E-state index contributed by atoms with van der Waals surface area (Å²) >= 11 is 0. The first-order valence-electron chi connectivity index (χ1n) is 5.06. The van der Waals surface area contributed by atoms with Crippen molar-refractivity contribution in [2.45, 2.75) is 18.9 Å². The maximum absolute atomic E-state index is 11.4. The van der Waals surface area contributed by atoms with Gasteiger partial charge in [-0.1, -0.05) is 6.07 Å². The summed E-state index contributed by atoms with van der Waals surface area (Å²) in [6.45, 7) is 0. The van der Waals surface area contributed by atoms with Gasteiger partial charge in [-0.15, -0.1) is 0 Å². The standard InChI is InChI=1S/C11H12N2O3/c14-10(15)7-2-1-3-9(6-7)13-11(16)12-8-4-5-8/h1-3,6,8H,4-5H2,(H,14,15)(H2,12,13,16). The van der Waals surface area contributed by atoms with Crippen molar-refractivity contribution in [3.05, 3.63) is 29.8 Å². The van der Waals surface area contributed by atoms with E-state index in [9.17, 15) is 9.59 Å². The summed E-state index contributed by atoms with van der Waals surface area (Å²) < 4.78 is 0. The number of hydrogen-bond acceptors (Lipinski definition) is 2. The van der Waals surface area contributed by atoms with Crippen LogP contribution in [0.3, 0.4) is 0 Å². The van der Waals surface area contributed by atoms with Gasteiger partial charge in [0.15, 0.2) is 0 Å². The molecular weight excluding hydrogens is 208 g/mol. The summed E-state index contributed by atoms with van der Waals surface area (Å²) in [6.07, 6.45) is 2.03. The number of aromatic carboxylic acids is 1. The summed E-state index contributed by atoms with van der Waals surface area (Å²) in [5.41, 5.74) is 0.641. The fourth-order valence-corrected chi connectivity index (χ4v) is 1.31. The summed E-state index contributed by atoms with van der Waals surface area (Å²) in [6, 6.07) is 6.14. The highest BCUT2D eigenvalue weighted by Crippen LogP contribution is 2.19. The molecule has 0 aromatic heterocycles. The van der Waals surface area contributed by atoms with Gasteiger partial charge in [0.25, 0.3) is 0 Å². The van der Waals surface area contributed by atoms with Gasteiger partial charge in [-0.2, -0.15) is 0 Å². The number of benzene rings is 1. The number of urea groups is 1. The van der Waals surface area contributed by atoms with Crippen LogP contribution in [-0.2, 0) is 0 Å². The van der Waals surface area contributed by atoms with Crippen molar-refractivity contribution in [2.75, 3.05) is 5.32 Å². The van der Waals surface area contributed by atoms with Crippen LogP contribution in [0.25, 0.3) is 0 Å². The smallest absolute Gasteiger partial charge is 0.335 e. The first kappa shape index (κ1) is 10.5. The Morgan fingerprint density at radius 2 is 2.06 bits per heavy atom. The van der Waals surface area contributed by atoms with Gasteiger partial charge < -0.3 is 15.7 Å². The first-order valence-corrected chi connectivity index (χ1v) is 5.06. The van der Waals surface area contributed by atoms with Crippen LogP contribution >= 0.6 is 0 Å². The molecule has 1 saturated carbocycles. The van der Waals surface area contributed by atoms with E-state index in [0.29, 0.717) is 5.69 Å². The van der Waals surface area contributed by atoms with Crippen LogP contribution in [-0.4, -0.2) is 23.1 Å². The van der Waals surface area contributed by atoms with Gasteiger partial charge >= 0.3 is 12.0 Å². The van der Waals surface area contributed by atoms with E-state index in [-0.39, 0.29) is 17.6 Å². The molecule has 5 nitrogen and oxygen atoms in total. The number of carboxylic acids is 1.